The average Bonchev–Trinajstić information content (AvgIpc) is 2.80. The van der Waals surface area contributed by atoms with Gasteiger partial charge in [0.05, 0.1) is 21.5 Å². The predicted octanol–water partition coefficient (Wildman–Crippen LogP) is 2.67. The number of sulfone groups is 1. The van der Waals surface area contributed by atoms with Gasteiger partial charge >= 0.3 is 0 Å². The summed E-state index contributed by atoms with van der Waals surface area (Å²) in [5, 5.41) is 4.86. The van der Waals surface area contributed by atoms with Crippen molar-refractivity contribution in [3.05, 3.63) is 40.9 Å². The van der Waals surface area contributed by atoms with Gasteiger partial charge in [0.1, 0.15) is 5.75 Å². The zero-order valence-electron chi connectivity index (χ0n) is 13.2. The lowest BCUT2D eigenvalue weighted by molar-refractivity contribution is -0.124. The molecule has 2 aromatic carbocycles. The standard InChI is InChI=1S/C17H18BrNO4S/c1-17(8-9-24(21,22)11-17)19-15(20)10-23-14-7-6-12-4-2-3-5-13(12)16(14)18/h2-7H,8-11H2,1H3,(H,19,20). The molecule has 7 heteroatoms. The molecule has 128 valence electrons. The Balaban J connectivity index is 1.66. The van der Waals surface area contributed by atoms with Crippen molar-refractivity contribution < 1.29 is 17.9 Å². The van der Waals surface area contributed by atoms with Crippen LogP contribution in [0.1, 0.15) is 13.3 Å². The van der Waals surface area contributed by atoms with E-state index in [1.54, 1.807) is 13.0 Å². The summed E-state index contributed by atoms with van der Waals surface area (Å²) in [6.45, 7) is 1.59. The molecule has 24 heavy (non-hydrogen) atoms. The van der Waals surface area contributed by atoms with Crippen molar-refractivity contribution in [1.82, 2.24) is 5.32 Å². The monoisotopic (exact) mass is 411 g/mol. The predicted molar refractivity (Wildman–Crippen MR) is 97.0 cm³/mol. The molecule has 0 spiro atoms. The molecule has 1 amide bonds. The van der Waals surface area contributed by atoms with Crippen molar-refractivity contribution in [2.45, 2.75) is 18.9 Å². The van der Waals surface area contributed by atoms with Gasteiger partial charge in [-0.1, -0.05) is 30.3 Å². The number of amides is 1. The van der Waals surface area contributed by atoms with E-state index in [2.05, 4.69) is 21.2 Å². The van der Waals surface area contributed by atoms with Crippen LogP contribution in [-0.2, 0) is 14.6 Å². The highest BCUT2D eigenvalue weighted by Gasteiger charge is 2.39. The van der Waals surface area contributed by atoms with Crippen LogP contribution in [0.15, 0.2) is 40.9 Å². The third-order valence-electron chi connectivity index (χ3n) is 4.13. The van der Waals surface area contributed by atoms with Crippen LogP contribution in [0.4, 0.5) is 0 Å². The number of carbonyl (C=O) groups is 1. The Morgan fingerprint density at radius 2 is 2.04 bits per heavy atom. The largest absolute Gasteiger partial charge is 0.483 e. The second-order valence-electron chi connectivity index (χ2n) is 6.34. The van der Waals surface area contributed by atoms with Crippen molar-refractivity contribution >= 4 is 42.4 Å². The summed E-state index contributed by atoms with van der Waals surface area (Å²) >= 11 is 3.51. The Morgan fingerprint density at radius 3 is 2.75 bits per heavy atom. The molecule has 1 N–H and O–H groups in total. The molecule has 0 saturated carbocycles. The van der Waals surface area contributed by atoms with Gasteiger partial charge in [-0.15, -0.1) is 0 Å². The second-order valence-corrected chi connectivity index (χ2v) is 9.32. The first-order valence-corrected chi connectivity index (χ1v) is 10.2. The van der Waals surface area contributed by atoms with Crippen LogP contribution < -0.4 is 10.1 Å². The third kappa shape index (κ3) is 3.72. The van der Waals surface area contributed by atoms with E-state index < -0.39 is 15.4 Å². The number of hydrogen-bond acceptors (Lipinski definition) is 4. The maximum Gasteiger partial charge on any atom is 0.258 e. The fraction of sp³-hybridized carbons (Fsp3) is 0.353. The zero-order chi connectivity index (χ0) is 17.4. The van der Waals surface area contributed by atoms with E-state index in [0.717, 1.165) is 15.2 Å². The van der Waals surface area contributed by atoms with Crippen LogP contribution in [0.2, 0.25) is 0 Å². The summed E-state index contributed by atoms with van der Waals surface area (Å²) < 4.78 is 29.6. The molecule has 2 aromatic rings. The molecule has 1 fully saturated rings. The van der Waals surface area contributed by atoms with Gasteiger partial charge in [0.2, 0.25) is 0 Å². The smallest absolute Gasteiger partial charge is 0.258 e. The van der Waals surface area contributed by atoms with E-state index in [9.17, 15) is 13.2 Å². The van der Waals surface area contributed by atoms with E-state index in [1.807, 2.05) is 30.3 Å². The number of halogens is 1. The third-order valence-corrected chi connectivity index (χ3v) is 6.85. The maximum absolute atomic E-state index is 12.1. The Kier molecular flexibility index (Phi) is 4.57. The molecule has 0 bridgehead atoms. The van der Waals surface area contributed by atoms with Crippen molar-refractivity contribution in [3.63, 3.8) is 0 Å². The van der Waals surface area contributed by atoms with Crippen LogP contribution >= 0.6 is 15.9 Å². The maximum atomic E-state index is 12.1. The number of carbonyl (C=O) groups excluding carboxylic acids is 1. The van der Waals surface area contributed by atoms with Gasteiger partial charge in [-0.25, -0.2) is 8.42 Å². The molecule has 1 heterocycles. The van der Waals surface area contributed by atoms with Gasteiger partial charge in [0.25, 0.3) is 5.91 Å². The summed E-state index contributed by atoms with van der Waals surface area (Å²) in [5.74, 6) is 0.342. The van der Waals surface area contributed by atoms with Gasteiger partial charge in [-0.2, -0.15) is 0 Å². The van der Waals surface area contributed by atoms with Crippen LogP contribution in [0.5, 0.6) is 5.75 Å². The summed E-state index contributed by atoms with van der Waals surface area (Å²) in [6, 6.07) is 11.6. The average molecular weight is 412 g/mol. The summed E-state index contributed by atoms with van der Waals surface area (Å²) in [7, 11) is -3.06. The number of ether oxygens (including phenoxy) is 1. The fourth-order valence-electron chi connectivity index (χ4n) is 2.95. The Labute approximate surface area is 149 Å². The highest BCUT2D eigenvalue weighted by Crippen LogP contribution is 2.33. The van der Waals surface area contributed by atoms with E-state index >= 15 is 0 Å². The minimum atomic E-state index is -3.06. The molecule has 1 atom stereocenters. The fourth-order valence-corrected chi connectivity index (χ4v) is 5.65. The Hall–Kier alpha value is -1.60. The Bertz CT molecular complexity index is 897. The molecular formula is C17H18BrNO4S. The highest BCUT2D eigenvalue weighted by molar-refractivity contribution is 9.10. The number of nitrogens with one attached hydrogen (secondary N) is 1. The SMILES string of the molecule is CC1(NC(=O)COc2ccc3ccccc3c2Br)CCS(=O)(=O)C1. The van der Waals surface area contributed by atoms with Gasteiger partial charge in [0.15, 0.2) is 16.4 Å². The number of benzene rings is 2. The number of hydrogen-bond donors (Lipinski definition) is 1. The topological polar surface area (TPSA) is 72.5 Å². The quantitative estimate of drug-likeness (QED) is 0.838. The van der Waals surface area contributed by atoms with Gasteiger partial charge in [0, 0.05) is 0 Å². The van der Waals surface area contributed by atoms with E-state index in [1.165, 1.54) is 0 Å². The van der Waals surface area contributed by atoms with Crippen LogP contribution in [0, 0.1) is 0 Å². The minimum Gasteiger partial charge on any atom is -0.483 e. The Morgan fingerprint density at radius 1 is 1.29 bits per heavy atom. The van der Waals surface area contributed by atoms with Crippen LogP contribution in [0.25, 0.3) is 10.8 Å². The molecule has 5 nitrogen and oxygen atoms in total. The second kappa shape index (κ2) is 6.37. The molecule has 1 unspecified atom stereocenters. The van der Waals surface area contributed by atoms with Crippen LogP contribution in [0.3, 0.4) is 0 Å². The van der Waals surface area contributed by atoms with E-state index in [-0.39, 0.29) is 24.0 Å². The lowest BCUT2D eigenvalue weighted by Crippen LogP contribution is -2.48. The van der Waals surface area contributed by atoms with Crippen molar-refractivity contribution in [3.8, 4) is 5.75 Å². The molecule has 0 radical (unpaired) electrons. The van der Waals surface area contributed by atoms with Gasteiger partial charge < -0.3 is 10.1 Å². The molecule has 3 rings (SSSR count). The normalized spacial score (nSPS) is 22.4. The molecule has 1 saturated heterocycles. The molecule has 1 aliphatic rings. The summed E-state index contributed by atoms with van der Waals surface area (Å²) in [5.41, 5.74) is -0.708. The minimum absolute atomic E-state index is 0.0224. The molecule has 1 aliphatic heterocycles. The lowest BCUT2D eigenvalue weighted by Gasteiger charge is -2.23. The molecular weight excluding hydrogens is 394 g/mol. The zero-order valence-corrected chi connectivity index (χ0v) is 15.6. The number of fused-ring (bicyclic) bond motifs is 1. The first kappa shape index (κ1) is 17.2. The van der Waals surface area contributed by atoms with Gasteiger partial charge in [-0.3, -0.25) is 4.79 Å². The van der Waals surface area contributed by atoms with E-state index in [4.69, 9.17) is 4.74 Å². The molecule has 0 aromatic heterocycles. The highest BCUT2D eigenvalue weighted by atomic mass is 79.9. The molecule has 0 aliphatic carbocycles. The number of rotatable bonds is 4. The van der Waals surface area contributed by atoms with Crippen molar-refractivity contribution in [1.29, 1.82) is 0 Å². The first-order valence-electron chi connectivity index (χ1n) is 7.60. The summed E-state index contributed by atoms with van der Waals surface area (Å²) in [4.78, 5) is 12.1. The van der Waals surface area contributed by atoms with Crippen molar-refractivity contribution in [2.75, 3.05) is 18.1 Å². The van der Waals surface area contributed by atoms with Crippen molar-refractivity contribution in [2.24, 2.45) is 0 Å². The summed E-state index contributed by atoms with van der Waals surface area (Å²) in [6.07, 6.45) is 0.431. The van der Waals surface area contributed by atoms with Gasteiger partial charge in [-0.05, 0) is 46.1 Å². The van der Waals surface area contributed by atoms with E-state index in [0.29, 0.717) is 12.2 Å². The lowest BCUT2D eigenvalue weighted by atomic mass is 10.0. The first-order chi connectivity index (χ1) is 11.3. The van der Waals surface area contributed by atoms with Crippen LogP contribution in [-0.4, -0.2) is 38.0 Å².